The summed E-state index contributed by atoms with van der Waals surface area (Å²) in [5.74, 6) is -0.129. The molecule has 1 atom stereocenters. The molecule has 6 heteroatoms. The highest BCUT2D eigenvalue weighted by atomic mass is 16.5. The first-order valence-corrected chi connectivity index (χ1v) is 5.85. The maximum atomic E-state index is 11.8. The molecule has 1 rings (SSSR count). The van der Waals surface area contributed by atoms with Crippen molar-refractivity contribution in [1.29, 1.82) is 0 Å². The molecule has 1 unspecified atom stereocenters. The van der Waals surface area contributed by atoms with Gasteiger partial charge in [-0.25, -0.2) is 0 Å². The second kappa shape index (κ2) is 6.56. The molecule has 0 aromatic rings. The van der Waals surface area contributed by atoms with Gasteiger partial charge in [0.15, 0.2) is 0 Å². The van der Waals surface area contributed by atoms with Gasteiger partial charge in [-0.1, -0.05) is 0 Å². The highest BCUT2D eigenvalue weighted by molar-refractivity contribution is 5.84. The van der Waals surface area contributed by atoms with Gasteiger partial charge in [-0.15, -0.1) is 0 Å². The summed E-state index contributed by atoms with van der Waals surface area (Å²) in [5, 5.41) is 0. The van der Waals surface area contributed by atoms with Crippen LogP contribution in [0.1, 0.15) is 13.3 Å². The fourth-order valence-electron chi connectivity index (χ4n) is 1.64. The molecule has 0 radical (unpaired) electrons. The Morgan fingerprint density at radius 3 is 2.53 bits per heavy atom. The molecule has 0 bridgehead atoms. The van der Waals surface area contributed by atoms with E-state index in [-0.39, 0.29) is 30.8 Å². The number of ether oxygens (including phenoxy) is 1. The van der Waals surface area contributed by atoms with Gasteiger partial charge in [-0.3, -0.25) is 9.59 Å². The summed E-state index contributed by atoms with van der Waals surface area (Å²) in [6, 6.07) is -0.177. The molecule has 1 fully saturated rings. The third-order valence-corrected chi connectivity index (χ3v) is 2.66. The fraction of sp³-hybridized carbons (Fsp3) is 0.818. The van der Waals surface area contributed by atoms with E-state index in [4.69, 9.17) is 10.5 Å². The maximum absolute atomic E-state index is 11.8. The van der Waals surface area contributed by atoms with Gasteiger partial charge in [0.2, 0.25) is 11.8 Å². The lowest BCUT2D eigenvalue weighted by molar-refractivity contribution is -0.142. The Morgan fingerprint density at radius 1 is 1.41 bits per heavy atom. The van der Waals surface area contributed by atoms with E-state index < -0.39 is 0 Å². The first-order valence-electron chi connectivity index (χ1n) is 5.85. The smallest absolute Gasteiger partial charge is 0.242 e. The van der Waals surface area contributed by atoms with Crippen molar-refractivity contribution in [3.8, 4) is 0 Å². The molecule has 17 heavy (non-hydrogen) atoms. The molecule has 1 heterocycles. The molecule has 2 amide bonds. The summed E-state index contributed by atoms with van der Waals surface area (Å²) in [4.78, 5) is 26.6. The zero-order valence-electron chi connectivity index (χ0n) is 10.5. The van der Waals surface area contributed by atoms with Crippen molar-refractivity contribution < 1.29 is 14.3 Å². The summed E-state index contributed by atoms with van der Waals surface area (Å²) in [6.45, 7) is 4.25. The minimum absolute atomic E-state index is 0.0335. The molecule has 0 saturated carbocycles. The average Bonchev–Trinajstić information content (AvgIpc) is 2.29. The molecule has 2 N–H and O–H groups in total. The molecule has 98 valence electrons. The number of nitrogens with zero attached hydrogens (tertiary/aromatic N) is 2. The van der Waals surface area contributed by atoms with Gasteiger partial charge >= 0.3 is 0 Å². The largest absolute Gasteiger partial charge is 0.378 e. The first kappa shape index (κ1) is 13.9. The van der Waals surface area contributed by atoms with E-state index in [1.807, 2.05) is 0 Å². The Balaban J connectivity index is 2.36. The summed E-state index contributed by atoms with van der Waals surface area (Å²) >= 11 is 0. The van der Waals surface area contributed by atoms with Crippen molar-refractivity contribution in [3.63, 3.8) is 0 Å². The molecule has 0 aromatic heterocycles. The molecule has 0 spiro atoms. The normalized spacial score (nSPS) is 17.7. The van der Waals surface area contributed by atoms with Gasteiger partial charge in [0, 0.05) is 32.6 Å². The number of rotatable bonds is 4. The van der Waals surface area contributed by atoms with E-state index in [0.29, 0.717) is 26.3 Å². The van der Waals surface area contributed by atoms with Crippen molar-refractivity contribution >= 4 is 11.8 Å². The van der Waals surface area contributed by atoms with E-state index in [0.717, 1.165) is 0 Å². The zero-order valence-corrected chi connectivity index (χ0v) is 10.5. The second-order valence-corrected chi connectivity index (χ2v) is 4.42. The first-order chi connectivity index (χ1) is 8.00. The van der Waals surface area contributed by atoms with Crippen LogP contribution in [0.25, 0.3) is 0 Å². The highest BCUT2D eigenvalue weighted by Gasteiger charge is 2.20. The number of likely N-dealkylation sites (N-methyl/N-ethyl adjacent to an activating group) is 1. The fourth-order valence-corrected chi connectivity index (χ4v) is 1.64. The van der Waals surface area contributed by atoms with Crippen LogP contribution < -0.4 is 5.73 Å². The number of carbonyl (C=O) groups is 2. The number of nitrogens with two attached hydrogens (primary N) is 1. The van der Waals surface area contributed by atoms with Crippen LogP contribution in [0, 0.1) is 0 Å². The SMILES string of the molecule is CC(N)CC(=O)N(C)CC(=O)N1CCOCC1. The van der Waals surface area contributed by atoms with Gasteiger partial charge in [-0.2, -0.15) is 0 Å². The average molecular weight is 243 g/mol. The van der Waals surface area contributed by atoms with E-state index in [2.05, 4.69) is 0 Å². The van der Waals surface area contributed by atoms with E-state index in [1.54, 1.807) is 18.9 Å². The van der Waals surface area contributed by atoms with Gasteiger partial charge < -0.3 is 20.3 Å². The van der Waals surface area contributed by atoms with Crippen molar-refractivity contribution in [2.24, 2.45) is 5.73 Å². The zero-order chi connectivity index (χ0) is 12.8. The van der Waals surface area contributed by atoms with Crippen LogP contribution in [0.4, 0.5) is 0 Å². The van der Waals surface area contributed by atoms with Gasteiger partial charge in [0.25, 0.3) is 0 Å². The molecular weight excluding hydrogens is 222 g/mol. The van der Waals surface area contributed by atoms with Crippen LogP contribution in [0.15, 0.2) is 0 Å². The summed E-state index contributed by atoms with van der Waals surface area (Å²) in [6.07, 6.45) is 0.271. The number of morpholine rings is 1. The molecule has 0 aromatic carbocycles. The summed E-state index contributed by atoms with van der Waals surface area (Å²) in [5.41, 5.74) is 5.55. The Labute approximate surface area is 102 Å². The van der Waals surface area contributed by atoms with E-state index >= 15 is 0 Å². The summed E-state index contributed by atoms with van der Waals surface area (Å²) < 4.78 is 5.16. The monoisotopic (exact) mass is 243 g/mol. The van der Waals surface area contributed by atoms with E-state index in [9.17, 15) is 9.59 Å². The van der Waals surface area contributed by atoms with Crippen LogP contribution in [0.5, 0.6) is 0 Å². The Bertz CT molecular complexity index is 275. The lowest BCUT2D eigenvalue weighted by atomic mass is 10.2. The molecule has 1 saturated heterocycles. The van der Waals surface area contributed by atoms with Crippen LogP contribution in [-0.2, 0) is 14.3 Å². The number of carbonyl (C=O) groups excluding carboxylic acids is 2. The van der Waals surface area contributed by atoms with Gasteiger partial charge in [-0.05, 0) is 6.92 Å². The van der Waals surface area contributed by atoms with Crippen molar-refractivity contribution in [2.75, 3.05) is 39.9 Å². The minimum atomic E-state index is -0.177. The predicted octanol–water partition coefficient (Wildman–Crippen LogP) is -0.959. The third kappa shape index (κ3) is 4.70. The predicted molar refractivity (Wildman–Crippen MR) is 63.3 cm³/mol. The van der Waals surface area contributed by atoms with Gasteiger partial charge in [0.1, 0.15) is 0 Å². The maximum Gasteiger partial charge on any atom is 0.242 e. The number of hydrogen-bond acceptors (Lipinski definition) is 4. The number of amides is 2. The molecule has 6 nitrogen and oxygen atoms in total. The number of hydrogen-bond donors (Lipinski definition) is 1. The quantitative estimate of drug-likeness (QED) is 0.690. The highest BCUT2D eigenvalue weighted by Crippen LogP contribution is 2.00. The van der Waals surface area contributed by atoms with Crippen LogP contribution in [0.2, 0.25) is 0 Å². The van der Waals surface area contributed by atoms with Crippen molar-refractivity contribution in [2.45, 2.75) is 19.4 Å². The summed E-state index contributed by atoms with van der Waals surface area (Å²) in [7, 11) is 1.63. The van der Waals surface area contributed by atoms with Crippen molar-refractivity contribution in [1.82, 2.24) is 9.80 Å². The lowest BCUT2D eigenvalue weighted by Gasteiger charge is -2.28. The molecule has 1 aliphatic heterocycles. The minimum Gasteiger partial charge on any atom is -0.378 e. The molecular formula is C11H21N3O3. The van der Waals surface area contributed by atoms with Crippen LogP contribution in [0.3, 0.4) is 0 Å². The van der Waals surface area contributed by atoms with E-state index in [1.165, 1.54) is 4.90 Å². The second-order valence-electron chi connectivity index (χ2n) is 4.42. The molecule has 0 aliphatic carbocycles. The standard InChI is InChI=1S/C11H21N3O3/c1-9(12)7-10(15)13(2)8-11(16)14-3-5-17-6-4-14/h9H,3-8,12H2,1-2H3. The third-order valence-electron chi connectivity index (χ3n) is 2.66. The van der Waals surface area contributed by atoms with Crippen LogP contribution >= 0.6 is 0 Å². The Kier molecular flexibility index (Phi) is 5.37. The molecule has 1 aliphatic rings. The van der Waals surface area contributed by atoms with Gasteiger partial charge in [0.05, 0.1) is 19.8 Å². The Morgan fingerprint density at radius 2 is 2.00 bits per heavy atom. The van der Waals surface area contributed by atoms with Crippen LogP contribution in [-0.4, -0.2) is 67.6 Å². The topological polar surface area (TPSA) is 75.9 Å². The Hall–Kier alpha value is -1.14. The lowest BCUT2D eigenvalue weighted by Crippen LogP contribution is -2.46. The van der Waals surface area contributed by atoms with Crippen molar-refractivity contribution in [3.05, 3.63) is 0 Å².